The van der Waals surface area contributed by atoms with Gasteiger partial charge in [0.05, 0.1) is 19.2 Å². The molecule has 4 rings (SSSR count). The fraction of sp³-hybridized carbons (Fsp3) is 0.462. The first kappa shape index (κ1) is 25.3. The van der Waals surface area contributed by atoms with Crippen LogP contribution in [0.5, 0.6) is 11.6 Å². The summed E-state index contributed by atoms with van der Waals surface area (Å²) in [6, 6.07) is 7.30. The van der Waals surface area contributed by atoms with Gasteiger partial charge in [-0.25, -0.2) is 9.20 Å². The van der Waals surface area contributed by atoms with Gasteiger partial charge in [0.1, 0.15) is 5.75 Å². The molecule has 3 aromatic heterocycles. The van der Waals surface area contributed by atoms with Crippen molar-refractivity contribution < 1.29 is 9.84 Å². The average molecular weight is 496 g/mol. The van der Waals surface area contributed by atoms with Crippen LogP contribution in [0, 0.1) is 5.92 Å². The highest BCUT2D eigenvalue weighted by Crippen LogP contribution is 2.24. The molecule has 0 saturated heterocycles. The van der Waals surface area contributed by atoms with Gasteiger partial charge in [-0.05, 0) is 42.9 Å². The molecule has 10 heteroatoms. The Hall–Kier alpha value is -3.82. The molecule has 1 N–H and O–H groups in total. The molecule has 4 aromatic rings. The number of rotatable bonds is 9. The third-order valence-corrected chi connectivity index (χ3v) is 6.24. The second kappa shape index (κ2) is 10.0. The predicted molar refractivity (Wildman–Crippen MR) is 138 cm³/mol. The van der Waals surface area contributed by atoms with E-state index in [1.165, 1.54) is 18.1 Å². The molecule has 0 aliphatic rings. The van der Waals surface area contributed by atoms with Crippen molar-refractivity contribution in [3.63, 3.8) is 0 Å². The molecule has 1 aromatic carbocycles. The summed E-state index contributed by atoms with van der Waals surface area (Å²) < 4.78 is 10.7. The first-order valence-electron chi connectivity index (χ1n) is 12.4. The Morgan fingerprint density at radius 1 is 0.944 bits per heavy atom. The van der Waals surface area contributed by atoms with Crippen molar-refractivity contribution in [3.05, 3.63) is 66.6 Å². The summed E-state index contributed by atoms with van der Waals surface area (Å²) in [6.45, 7) is 8.50. The second-order valence-corrected chi connectivity index (χ2v) is 9.45. The van der Waals surface area contributed by atoms with Gasteiger partial charge in [-0.1, -0.05) is 39.8 Å². The number of aryl methyl sites for hydroxylation is 1. The molecular formula is C26H33N5O5. The Balaban J connectivity index is 2.15. The number of fused-ring (bicyclic) bond motifs is 3. The zero-order valence-corrected chi connectivity index (χ0v) is 21.4. The van der Waals surface area contributed by atoms with E-state index in [0.29, 0.717) is 31.6 Å². The van der Waals surface area contributed by atoms with Gasteiger partial charge < -0.3 is 9.84 Å². The van der Waals surface area contributed by atoms with Gasteiger partial charge in [-0.15, -0.1) is 0 Å². The normalized spacial score (nSPS) is 11.7. The van der Waals surface area contributed by atoms with E-state index in [-0.39, 0.29) is 53.0 Å². The maximum absolute atomic E-state index is 13.6. The maximum Gasteiger partial charge on any atom is 0.332 e. The van der Waals surface area contributed by atoms with Crippen molar-refractivity contribution in [2.75, 3.05) is 7.11 Å². The SMILES string of the molecule is CCCn1c(=O)c2c(nc3n(Cc4ccc(OC)cc4)c(=O)c(CC(C)C)c(O)n23)n(CCC)c1=O. The number of hydrogen-bond donors (Lipinski definition) is 1. The van der Waals surface area contributed by atoms with Gasteiger partial charge in [0, 0.05) is 13.1 Å². The van der Waals surface area contributed by atoms with Crippen LogP contribution in [0.3, 0.4) is 0 Å². The largest absolute Gasteiger partial charge is 0.497 e. The summed E-state index contributed by atoms with van der Waals surface area (Å²) in [7, 11) is 1.58. The summed E-state index contributed by atoms with van der Waals surface area (Å²) in [5, 5.41) is 11.3. The van der Waals surface area contributed by atoms with Crippen LogP contribution in [-0.4, -0.2) is 35.3 Å². The Morgan fingerprint density at radius 2 is 1.58 bits per heavy atom. The Kier molecular flexibility index (Phi) is 7.05. The lowest BCUT2D eigenvalue weighted by atomic mass is 10.1. The first-order chi connectivity index (χ1) is 17.2. The lowest BCUT2D eigenvalue weighted by Crippen LogP contribution is -2.40. The fourth-order valence-corrected chi connectivity index (χ4v) is 4.58. The molecule has 0 saturated carbocycles. The predicted octanol–water partition coefficient (Wildman–Crippen LogP) is 2.75. The van der Waals surface area contributed by atoms with Crippen molar-refractivity contribution >= 4 is 16.9 Å². The second-order valence-electron chi connectivity index (χ2n) is 9.45. The van der Waals surface area contributed by atoms with Gasteiger partial charge in [0.15, 0.2) is 11.2 Å². The highest BCUT2D eigenvalue weighted by molar-refractivity contribution is 5.76. The summed E-state index contributed by atoms with van der Waals surface area (Å²) in [6.07, 6.45) is 1.56. The van der Waals surface area contributed by atoms with Crippen LogP contribution >= 0.6 is 0 Å². The van der Waals surface area contributed by atoms with Crippen LogP contribution in [0.2, 0.25) is 0 Å². The molecule has 0 amide bonds. The minimum atomic E-state index is -0.530. The minimum Gasteiger partial charge on any atom is -0.497 e. The molecule has 0 spiro atoms. The van der Waals surface area contributed by atoms with Crippen LogP contribution in [0.15, 0.2) is 38.6 Å². The lowest BCUT2D eigenvalue weighted by molar-refractivity contribution is 0.414. The molecule has 10 nitrogen and oxygen atoms in total. The molecule has 0 atom stereocenters. The van der Waals surface area contributed by atoms with Crippen molar-refractivity contribution in [2.24, 2.45) is 5.92 Å². The van der Waals surface area contributed by atoms with E-state index in [2.05, 4.69) is 4.98 Å². The third-order valence-electron chi connectivity index (χ3n) is 6.24. The Labute approximate surface area is 208 Å². The third kappa shape index (κ3) is 4.20. The van der Waals surface area contributed by atoms with E-state index in [9.17, 15) is 19.5 Å². The highest BCUT2D eigenvalue weighted by Gasteiger charge is 2.25. The maximum atomic E-state index is 13.6. The molecule has 36 heavy (non-hydrogen) atoms. The zero-order valence-electron chi connectivity index (χ0n) is 21.4. The van der Waals surface area contributed by atoms with Crippen molar-refractivity contribution in [1.82, 2.24) is 23.1 Å². The zero-order chi connectivity index (χ0) is 26.1. The standard InChI is InChI=1S/C26H33N5O5/c1-6-12-28-21-20(24(34)29(13-7-2)26(28)35)31-23(33)19(14-16(3)4)22(32)30(25(31)27-21)15-17-8-10-18(36-5)11-9-17/h8-11,16,33H,6-7,12-15H2,1-5H3. The fourth-order valence-electron chi connectivity index (χ4n) is 4.58. The lowest BCUT2D eigenvalue weighted by Gasteiger charge is -2.15. The number of ether oxygens (including phenoxy) is 1. The number of methoxy groups -OCH3 is 1. The smallest absolute Gasteiger partial charge is 0.332 e. The average Bonchev–Trinajstić information content (AvgIpc) is 3.26. The van der Waals surface area contributed by atoms with Gasteiger partial charge in [-0.2, -0.15) is 4.98 Å². The van der Waals surface area contributed by atoms with Crippen molar-refractivity contribution in [1.29, 1.82) is 0 Å². The molecule has 0 radical (unpaired) electrons. The van der Waals surface area contributed by atoms with E-state index in [0.717, 1.165) is 5.56 Å². The molecule has 192 valence electrons. The molecule has 0 unspecified atom stereocenters. The molecular weight excluding hydrogens is 462 g/mol. The molecule has 3 heterocycles. The summed E-state index contributed by atoms with van der Waals surface area (Å²) in [4.78, 5) is 45.0. The van der Waals surface area contributed by atoms with Crippen molar-refractivity contribution in [3.8, 4) is 11.6 Å². The van der Waals surface area contributed by atoms with E-state index >= 15 is 0 Å². The van der Waals surface area contributed by atoms with Gasteiger partial charge in [0.25, 0.3) is 11.1 Å². The number of imidazole rings is 1. The minimum absolute atomic E-state index is 0.0836. The molecule has 0 fully saturated rings. The van der Waals surface area contributed by atoms with E-state index in [1.54, 1.807) is 19.2 Å². The van der Waals surface area contributed by atoms with Gasteiger partial charge >= 0.3 is 5.69 Å². The summed E-state index contributed by atoms with van der Waals surface area (Å²) in [5.41, 5.74) is -0.0558. The van der Waals surface area contributed by atoms with Crippen LogP contribution in [-0.2, 0) is 26.1 Å². The monoisotopic (exact) mass is 495 g/mol. The molecule has 0 bridgehead atoms. The summed E-state index contributed by atoms with van der Waals surface area (Å²) >= 11 is 0. The van der Waals surface area contributed by atoms with E-state index < -0.39 is 11.2 Å². The van der Waals surface area contributed by atoms with Crippen molar-refractivity contribution in [2.45, 2.75) is 66.6 Å². The number of aromatic nitrogens is 5. The van der Waals surface area contributed by atoms with Gasteiger partial charge in [-0.3, -0.25) is 23.3 Å². The van der Waals surface area contributed by atoms with Gasteiger partial charge in [0.2, 0.25) is 11.7 Å². The Morgan fingerprint density at radius 3 is 2.17 bits per heavy atom. The van der Waals surface area contributed by atoms with Crippen LogP contribution in [0.1, 0.15) is 51.7 Å². The Bertz CT molecular complexity index is 1590. The first-order valence-corrected chi connectivity index (χ1v) is 12.4. The van der Waals surface area contributed by atoms with E-state index in [1.807, 2.05) is 39.8 Å². The summed E-state index contributed by atoms with van der Waals surface area (Å²) in [5.74, 6) is 0.583. The van der Waals surface area contributed by atoms with Crippen LogP contribution in [0.4, 0.5) is 0 Å². The number of aromatic hydroxyl groups is 1. The van der Waals surface area contributed by atoms with E-state index in [4.69, 9.17) is 4.74 Å². The van der Waals surface area contributed by atoms with Crippen LogP contribution in [0.25, 0.3) is 16.9 Å². The number of hydrogen-bond acceptors (Lipinski definition) is 6. The molecule has 0 aliphatic carbocycles. The quantitative estimate of drug-likeness (QED) is 0.382. The number of nitrogens with zero attached hydrogens (tertiary/aromatic N) is 5. The topological polar surface area (TPSA) is 113 Å². The number of benzene rings is 1. The van der Waals surface area contributed by atoms with Crippen LogP contribution < -0.4 is 21.5 Å². The highest BCUT2D eigenvalue weighted by atomic mass is 16.5. The molecule has 0 aliphatic heterocycles.